The number of likely N-dealkylation sites (tertiary alicyclic amines) is 1. The Labute approximate surface area is 161 Å². The van der Waals surface area contributed by atoms with Gasteiger partial charge < -0.3 is 20.3 Å². The third-order valence-electron chi connectivity index (χ3n) is 4.93. The van der Waals surface area contributed by atoms with Crippen LogP contribution >= 0.6 is 0 Å². The summed E-state index contributed by atoms with van der Waals surface area (Å²) in [5.74, 6) is 1.66. The normalized spacial score (nSPS) is 23.2. The van der Waals surface area contributed by atoms with Gasteiger partial charge in [-0.15, -0.1) is 0 Å². The van der Waals surface area contributed by atoms with E-state index in [1.807, 2.05) is 50.2 Å². The minimum Gasteiger partial charge on any atom is -0.492 e. The number of aryl methyl sites for hydroxylation is 1. The van der Waals surface area contributed by atoms with E-state index in [-0.39, 0.29) is 6.10 Å². The molecule has 3 rings (SSSR count). The molecule has 1 aliphatic rings. The zero-order chi connectivity index (χ0) is 19.3. The first kappa shape index (κ1) is 19.7. The van der Waals surface area contributed by atoms with Gasteiger partial charge in [-0.2, -0.15) is 0 Å². The lowest BCUT2D eigenvalue weighted by atomic mass is 9.91. The van der Waals surface area contributed by atoms with Gasteiger partial charge in [-0.1, -0.05) is 24.3 Å². The van der Waals surface area contributed by atoms with Crippen molar-refractivity contribution < 1.29 is 14.6 Å². The maximum absolute atomic E-state index is 11.0. The minimum absolute atomic E-state index is 0.206. The van der Waals surface area contributed by atoms with Crippen LogP contribution in [0.3, 0.4) is 0 Å². The lowest BCUT2D eigenvalue weighted by molar-refractivity contribution is -0.0993. The number of ether oxygens (including phenoxy) is 2. The molecule has 0 saturated carbocycles. The van der Waals surface area contributed by atoms with Gasteiger partial charge in [-0.3, -0.25) is 4.90 Å². The van der Waals surface area contributed by atoms with E-state index in [0.717, 1.165) is 36.6 Å². The van der Waals surface area contributed by atoms with Crippen LogP contribution in [0.1, 0.15) is 24.5 Å². The third kappa shape index (κ3) is 5.45. The summed E-state index contributed by atoms with van der Waals surface area (Å²) in [7, 11) is 0. The first-order chi connectivity index (χ1) is 13.0. The van der Waals surface area contributed by atoms with Gasteiger partial charge >= 0.3 is 0 Å². The number of hydrogen-bond acceptors (Lipinski definition) is 5. The average Bonchev–Trinajstić information content (AvgIpc) is 2.63. The predicted octanol–water partition coefficient (Wildman–Crippen LogP) is 2.74. The summed E-state index contributed by atoms with van der Waals surface area (Å²) in [5.41, 5.74) is 6.91. The SMILES string of the molecule is Cc1cccc(O[C@H]2CCN(Cc3ccc(OCCN)cc3)C[C@]2(C)O)c1. The summed E-state index contributed by atoms with van der Waals surface area (Å²) in [4.78, 5) is 2.27. The number of nitrogens with two attached hydrogens (primary N) is 1. The van der Waals surface area contributed by atoms with Crippen LogP contribution in [-0.4, -0.2) is 48.0 Å². The Morgan fingerprint density at radius 1 is 1.19 bits per heavy atom. The van der Waals surface area contributed by atoms with E-state index in [2.05, 4.69) is 17.0 Å². The molecule has 2 aromatic carbocycles. The van der Waals surface area contributed by atoms with Gasteiger partial charge in [0, 0.05) is 26.2 Å². The van der Waals surface area contributed by atoms with Gasteiger partial charge in [-0.25, -0.2) is 0 Å². The van der Waals surface area contributed by atoms with Crippen LogP contribution in [0, 0.1) is 6.92 Å². The van der Waals surface area contributed by atoms with Gasteiger partial charge in [0.05, 0.1) is 0 Å². The van der Waals surface area contributed by atoms with Crippen LogP contribution in [0.2, 0.25) is 0 Å². The number of benzene rings is 2. The third-order valence-corrected chi connectivity index (χ3v) is 4.93. The Morgan fingerprint density at radius 2 is 1.96 bits per heavy atom. The molecule has 1 fully saturated rings. The molecule has 0 radical (unpaired) electrons. The number of rotatable bonds is 7. The van der Waals surface area contributed by atoms with Crippen molar-refractivity contribution in [2.45, 2.75) is 38.5 Å². The molecule has 146 valence electrons. The van der Waals surface area contributed by atoms with Gasteiger partial charge in [0.2, 0.25) is 0 Å². The lowest BCUT2D eigenvalue weighted by Gasteiger charge is -2.42. The highest BCUT2D eigenvalue weighted by Gasteiger charge is 2.39. The standard InChI is InChI=1S/C22H30N2O3/c1-17-4-3-5-20(14-17)27-21-10-12-24(16-22(21,2)25)15-18-6-8-19(9-7-18)26-13-11-23/h3-9,14,21,25H,10-13,15-16,23H2,1-2H3/t21-,22-/m0/s1. The van der Waals surface area contributed by atoms with E-state index in [9.17, 15) is 5.11 Å². The molecule has 27 heavy (non-hydrogen) atoms. The number of nitrogens with zero attached hydrogens (tertiary/aromatic N) is 1. The van der Waals surface area contributed by atoms with E-state index < -0.39 is 5.60 Å². The quantitative estimate of drug-likeness (QED) is 0.784. The second-order valence-electron chi connectivity index (χ2n) is 7.56. The largest absolute Gasteiger partial charge is 0.492 e. The van der Waals surface area contributed by atoms with E-state index >= 15 is 0 Å². The van der Waals surface area contributed by atoms with E-state index in [1.165, 1.54) is 5.56 Å². The number of hydrogen-bond donors (Lipinski definition) is 2. The molecule has 0 unspecified atom stereocenters. The zero-order valence-corrected chi connectivity index (χ0v) is 16.2. The topological polar surface area (TPSA) is 68.0 Å². The molecule has 3 N–H and O–H groups in total. The Balaban J connectivity index is 1.56. The zero-order valence-electron chi connectivity index (χ0n) is 16.2. The first-order valence-electron chi connectivity index (χ1n) is 9.56. The maximum atomic E-state index is 11.0. The molecule has 0 bridgehead atoms. The summed E-state index contributed by atoms with van der Waals surface area (Å²) in [6.45, 7) is 7.20. The Hall–Kier alpha value is -2.08. The molecular weight excluding hydrogens is 340 g/mol. The number of aliphatic hydroxyl groups is 1. The van der Waals surface area contributed by atoms with Crippen LogP contribution in [0.4, 0.5) is 0 Å². The summed E-state index contributed by atoms with van der Waals surface area (Å²) in [5, 5.41) is 11.0. The molecule has 2 aromatic rings. The molecule has 1 saturated heterocycles. The fourth-order valence-corrected chi connectivity index (χ4v) is 3.54. The maximum Gasteiger partial charge on any atom is 0.129 e. The summed E-state index contributed by atoms with van der Waals surface area (Å²) in [6, 6.07) is 16.1. The van der Waals surface area contributed by atoms with Gasteiger partial charge in [0.25, 0.3) is 0 Å². The van der Waals surface area contributed by atoms with Gasteiger partial charge in [0.1, 0.15) is 29.8 Å². The second-order valence-corrected chi connectivity index (χ2v) is 7.56. The van der Waals surface area contributed by atoms with Crippen molar-refractivity contribution in [1.29, 1.82) is 0 Å². The van der Waals surface area contributed by atoms with Crippen molar-refractivity contribution >= 4 is 0 Å². The second kappa shape index (κ2) is 8.74. The van der Waals surface area contributed by atoms with Crippen molar-refractivity contribution in [2.75, 3.05) is 26.2 Å². The smallest absolute Gasteiger partial charge is 0.129 e. The van der Waals surface area contributed by atoms with E-state index in [1.54, 1.807) is 0 Å². The Morgan fingerprint density at radius 3 is 2.63 bits per heavy atom. The van der Waals surface area contributed by atoms with Crippen LogP contribution < -0.4 is 15.2 Å². The van der Waals surface area contributed by atoms with Crippen molar-refractivity contribution in [3.63, 3.8) is 0 Å². The molecule has 0 spiro atoms. The van der Waals surface area contributed by atoms with Crippen LogP contribution in [0.15, 0.2) is 48.5 Å². The van der Waals surface area contributed by atoms with Gasteiger partial charge in [-0.05, 0) is 55.7 Å². The molecule has 5 heteroatoms. The highest BCUT2D eigenvalue weighted by molar-refractivity contribution is 5.28. The summed E-state index contributed by atoms with van der Waals surface area (Å²) in [6.07, 6.45) is 0.584. The highest BCUT2D eigenvalue weighted by atomic mass is 16.5. The molecule has 0 aliphatic carbocycles. The Kier molecular flexibility index (Phi) is 6.37. The predicted molar refractivity (Wildman–Crippen MR) is 107 cm³/mol. The van der Waals surface area contributed by atoms with Crippen LogP contribution in [0.5, 0.6) is 11.5 Å². The Bertz CT molecular complexity index is 731. The molecule has 2 atom stereocenters. The molecule has 1 aliphatic heterocycles. The van der Waals surface area contributed by atoms with Crippen molar-refractivity contribution in [1.82, 2.24) is 4.90 Å². The van der Waals surface area contributed by atoms with Crippen LogP contribution in [-0.2, 0) is 6.54 Å². The number of β-amino-alcohol motifs (C(OH)–C–C–N with tert-alkyl or cyclic N) is 1. The lowest BCUT2D eigenvalue weighted by Crippen LogP contribution is -2.56. The van der Waals surface area contributed by atoms with Crippen molar-refractivity contribution in [2.24, 2.45) is 5.73 Å². The fraction of sp³-hybridized carbons (Fsp3) is 0.455. The molecule has 0 aromatic heterocycles. The monoisotopic (exact) mass is 370 g/mol. The summed E-state index contributed by atoms with van der Waals surface area (Å²) >= 11 is 0. The molecule has 5 nitrogen and oxygen atoms in total. The van der Waals surface area contributed by atoms with Gasteiger partial charge in [0.15, 0.2) is 0 Å². The average molecular weight is 370 g/mol. The fourth-order valence-electron chi connectivity index (χ4n) is 3.54. The van der Waals surface area contributed by atoms with E-state index in [0.29, 0.717) is 19.7 Å². The van der Waals surface area contributed by atoms with Crippen LogP contribution in [0.25, 0.3) is 0 Å². The molecular formula is C22H30N2O3. The molecule has 0 amide bonds. The van der Waals surface area contributed by atoms with Crippen molar-refractivity contribution in [3.8, 4) is 11.5 Å². The number of piperidine rings is 1. The highest BCUT2D eigenvalue weighted by Crippen LogP contribution is 2.28. The van der Waals surface area contributed by atoms with Crippen molar-refractivity contribution in [3.05, 3.63) is 59.7 Å². The van der Waals surface area contributed by atoms with E-state index in [4.69, 9.17) is 15.2 Å². The summed E-state index contributed by atoms with van der Waals surface area (Å²) < 4.78 is 11.6. The minimum atomic E-state index is -0.897. The first-order valence-corrected chi connectivity index (χ1v) is 9.56. The molecule has 1 heterocycles.